The van der Waals surface area contributed by atoms with Crippen LogP contribution in [0.4, 0.5) is 0 Å². The van der Waals surface area contributed by atoms with Crippen LogP contribution in [0.1, 0.15) is 31.2 Å². The number of rotatable bonds is 7. The monoisotopic (exact) mass is 322 g/mol. The van der Waals surface area contributed by atoms with Crippen LogP contribution in [0, 0.1) is 5.92 Å². The summed E-state index contributed by atoms with van der Waals surface area (Å²) in [6, 6.07) is 4.02. The van der Waals surface area contributed by atoms with Gasteiger partial charge in [0.2, 0.25) is 5.75 Å². The molecule has 0 bridgehead atoms. The molecule has 0 spiro atoms. The molecule has 0 aromatic heterocycles. The average Bonchev–Trinajstić information content (AvgIpc) is 2.62. The summed E-state index contributed by atoms with van der Waals surface area (Å²) in [6.45, 7) is 6.25. The molecule has 5 heteroatoms. The Labute approximate surface area is 139 Å². The van der Waals surface area contributed by atoms with Crippen LogP contribution >= 0.6 is 0 Å². The Morgan fingerprint density at radius 2 is 1.74 bits per heavy atom. The van der Waals surface area contributed by atoms with E-state index in [4.69, 9.17) is 19.9 Å². The maximum absolute atomic E-state index is 6.15. The number of methoxy groups -OCH3 is 3. The van der Waals surface area contributed by atoms with E-state index in [1.165, 1.54) is 12.8 Å². The number of ether oxygens (including phenoxy) is 3. The van der Waals surface area contributed by atoms with Crippen LogP contribution in [0.3, 0.4) is 0 Å². The third kappa shape index (κ3) is 3.72. The van der Waals surface area contributed by atoms with Gasteiger partial charge in [-0.3, -0.25) is 0 Å². The van der Waals surface area contributed by atoms with Crippen molar-refractivity contribution in [3.63, 3.8) is 0 Å². The van der Waals surface area contributed by atoms with Crippen LogP contribution in [-0.2, 0) is 0 Å². The summed E-state index contributed by atoms with van der Waals surface area (Å²) >= 11 is 0. The van der Waals surface area contributed by atoms with Crippen molar-refractivity contribution in [1.82, 2.24) is 4.90 Å². The smallest absolute Gasteiger partial charge is 0.203 e. The first-order valence-electron chi connectivity index (χ1n) is 8.41. The Morgan fingerprint density at radius 1 is 1.09 bits per heavy atom. The first-order valence-corrected chi connectivity index (χ1v) is 8.41. The van der Waals surface area contributed by atoms with Gasteiger partial charge < -0.3 is 24.8 Å². The summed E-state index contributed by atoms with van der Waals surface area (Å²) in [6.07, 6.45) is 2.35. The number of hydrogen-bond donors (Lipinski definition) is 1. The van der Waals surface area contributed by atoms with Crippen molar-refractivity contribution < 1.29 is 14.2 Å². The topological polar surface area (TPSA) is 57.0 Å². The van der Waals surface area contributed by atoms with Crippen LogP contribution in [0.2, 0.25) is 0 Å². The van der Waals surface area contributed by atoms with Crippen LogP contribution in [0.15, 0.2) is 12.1 Å². The van der Waals surface area contributed by atoms with Gasteiger partial charge in [-0.2, -0.15) is 0 Å². The van der Waals surface area contributed by atoms with Gasteiger partial charge in [0.1, 0.15) is 0 Å². The third-order valence-electron chi connectivity index (χ3n) is 5.04. The van der Waals surface area contributed by atoms with Crippen molar-refractivity contribution in [3.8, 4) is 17.2 Å². The molecular weight excluding hydrogens is 292 g/mol. The van der Waals surface area contributed by atoms with Gasteiger partial charge >= 0.3 is 0 Å². The normalized spacial score (nSPS) is 17.8. The van der Waals surface area contributed by atoms with Crippen molar-refractivity contribution in [3.05, 3.63) is 17.7 Å². The molecular formula is C18H30N2O3. The molecule has 1 aromatic carbocycles. The molecule has 5 nitrogen and oxygen atoms in total. The Bertz CT molecular complexity index is 499. The lowest BCUT2D eigenvalue weighted by Crippen LogP contribution is -2.37. The Hall–Kier alpha value is -1.46. The zero-order valence-electron chi connectivity index (χ0n) is 14.8. The van der Waals surface area contributed by atoms with Crippen molar-refractivity contribution in [1.29, 1.82) is 0 Å². The fourth-order valence-electron chi connectivity index (χ4n) is 3.66. The van der Waals surface area contributed by atoms with E-state index in [-0.39, 0.29) is 5.92 Å². The van der Waals surface area contributed by atoms with Crippen molar-refractivity contribution >= 4 is 0 Å². The number of piperidine rings is 1. The molecule has 0 aliphatic carbocycles. The summed E-state index contributed by atoms with van der Waals surface area (Å²) in [7, 11) is 4.95. The maximum atomic E-state index is 6.15. The van der Waals surface area contributed by atoms with Gasteiger partial charge in [0.15, 0.2) is 11.5 Å². The van der Waals surface area contributed by atoms with Crippen LogP contribution in [0.25, 0.3) is 0 Å². The van der Waals surface area contributed by atoms with Gasteiger partial charge in [-0.25, -0.2) is 0 Å². The van der Waals surface area contributed by atoms with Crippen LogP contribution in [0.5, 0.6) is 17.2 Å². The lowest BCUT2D eigenvalue weighted by atomic mass is 9.79. The molecule has 23 heavy (non-hydrogen) atoms. The minimum atomic E-state index is 0.281. The minimum Gasteiger partial charge on any atom is -0.493 e. The molecule has 1 atom stereocenters. The summed E-state index contributed by atoms with van der Waals surface area (Å²) in [5.74, 6) is 2.94. The highest BCUT2D eigenvalue weighted by molar-refractivity contribution is 5.57. The highest BCUT2D eigenvalue weighted by Gasteiger charge is 2.30. The number of likely N-dealkylation sites (tertiary alicyclic amines) is 1. The molecule has 1 aromatic rings. The summed E-state index contributed by atoms with van der Waals surface area (Å²) < 4.78 is 16.5. The summed E-state index contributed by atoms with van der Waals surface area (Å²) in [5, 5.41) is 0. The highest BCUT2D eigenvalue weighted by Crippen LogP contribution is 2.45. The second-order valence-electron chi connectivity index (χ2n) is 6.04. The molecule has 1 aliphatic heterocycles. The zero-order chi connectivity index (χ0) is 16.8. The van der Waals surface area contributed by atoms with Crippen molar-refractivity contribution in [2.75, 3.05) is 47.5 Å². The van der Waals surface area contributed by atoms with E-state index in [1.54, 1.807) is 21.3 Å². The number of hydrogen-bond acceptors (Lipinski definition) is 5. The quantitative estimate of drug-likeness (QED) is 0.836. The van der Waals surface area contributed by atoms with Gasteiger partial charge in [0, 0.05) is 11.5 Å². The van der Waals surface area contributed by atoms with E-state index in [0.29, 0.717) is 24.0 Å². The Kier molecular flexibility index (Phi) is 6.54. The summed E-state index contributed by atoms with van der Waals surface area (Å²) in [4.78, 5) is 2.50. The standard InChI is InChI=1S/C18H30N2O3/c1-5-20-10-8-13(9-11-20)15(12-19)14-6-7-16(21-2)18(23-4)17(14)22-3/h6-7,13,15H,5,8-12,19H2,1-4H3. The molecule has 2 N–H and O–H groups in total. The van der Waals surface area contributed by atoms with E-state index in [9.17, 15) is 0 Å². The van der Waals surface area contributed by atoms with E-state index in [2.05, 4.69) is 17.9 Å². The van der Waals surface area contributed by atoms with Gasteiger partial charge in [-0.15, -0.1) is 0 Å². The van der Waals surface area contributed by atoms with E-state index < -0.39 is 0 Å². The summed E-state index contributed by atoms with van der Waals surface area (Å²) in [5.41, 5.74) is 7.27. The second-order valence-corrected chi connectivity index (χ2v) is 6.04. The molecule has 0 saturated carbocycles. The average molecular weight is 322 g/mol. The molecule has 1 fully saturated rings. The molecule has 130 valence electrons. The molecule has 1 unspecified atom stereocenters. The largest absolute Gasteiger partial charge is 0.493 e. The SMILES string of the molecule is CCN1CCC(C(CN)c2ccc(OC)c(OC)c2OC)CC1. The number of nitrogens with zero attached hydrogens (tertiary/aromatic N) is 1. The molecule has 0 amide bonds. The lowest BCUT2D eigenvalue weighted by molar-refractivity contribution is 0.175. The fraction of sp³-hybridized carbons (Fsp3) is 0.667. The van der Waals surface area contributed by atoms with E-state index in [1.807, 2.05) is 6.07 Å². The Morgan fingerprint density at radius 3 is 2.22 bits per heavy atom. The van der Waals surface area contributed by atoms with Gasteiger partial charge in [-0.05, 0) is 51.0 Å². The fourth-order valence-corrected chi connectivity index (χ4v) is 3.66. The van der Waals surface area contributed by atoms with Gasteiger partial charge in [0.05, 0.1) is 21.3 Å². The predicted molar refractivity (Wildman–Crippen MR) is 92.7 cm³/mol. The first-order chi connectivity index (χ1) is 11.2. The number of benzene rings is 1. The number of nitrogens with two attached hydrogens (primary N) is 1. The Balaban J connectivity index is 2.30. The maximum Gasteiger partial charge on any atom is 0.203 e. The lowest BCUT2D eigenvalue weighted by Gasteiger charge is -2.36. The van der Waals surface area contributed by atoms with E-state index in [0.717, 1.165) is 30.9 Å². The third-order valence-corrected chi connectivity index (χ3v) is 5.04. The molecule has 1 saturated heterocycles. The first kappa shape index (κ1) is 17.9. The van der Waals surface area contributed by atoms with E-state index >= 15 is 0 Å². The minimum absolute atomic E-state index is 0.281. The zero-order valence-corrected chi connectivity index (χ0v) is 14.8. The van der Waals surface area contributed by atoms with Gasteiger partial charge in [-0.1, -0.05) is 13.0 Å². The second kappa shape index (κ2) is 8.41. The molecule has 1 heterocycles. The predicted octanol–water partition coefficient (Wildman–Crippen LogP) is 2.49. The highest BCUT2D eigenvalue weighted by atomic mass is 16.5. The molecule has 1 aliphatic rings. The van der Waals surface area contributed by atoms with Crippen LogP contribution < -0.4 is 19.9 Å². The van der Waals surface area contributed by atoms with Crippen molar-refractivity contribution in [2.45, 2.75) is 25.7 Å². The molecule has 0 radical (unpaired) electrons. The van der Waals surface area contributed by atoms with Crippen LogP contribution in [-0.4, -0.2) is 52.4 Å². The van der Waals surface area contributed by atoms with Crippen molar-refractivity contribution in [2.24, 2.45) is 11.7 Å². The van der Waals surface area contributed by atoms with Gasteiger partial charge in [0.25, 0.3) is 0 Å². The molecule has 2 rings (SSSR count).